The summed E-state index contributed by atoms with van der Waals surface area (Å²) < 4.78 is 7.35. The fourth-order valence-electron chi connectivity index (χ4n) is 4.44. The van der Waals surface area contributed by atoms with Gasteiger partial charge < -0.3 is 20.7 Å². The maximum absolute atomic E-state index is 10.1. The van der Waals surface area contributed by atoms with Crippen LogP contribution in [-0.2, 0) is 6.54 Å². The number of anilines is 3. The second kappa shape index (κ2) is 8.85. The van der Waals surface area contributed by atoms with Crippen molar-refractivity contribution in [2.24, 2.45) is 0 Å². The van der Waals surface area contributed by atoms with Gasteiger partial charge in [0.15, 0.2) is 0 Å². The quantitative estimate of drug-likeness (QED) is 0.396. The van der Waals surface area contributed by atoms with Gasteiger partial charge in [-0.3, -0.25) is 0 Å². The fourth-order valence-corrected chi connectivity index (χ4v) is 4.44. The Bertz CT molecular complexity index is 1340. The molecule has 1 atom stereocenters. The van der Waals surface area contributed by atoms with Gasteiger partial charge in [0.1, 0.15) is 23.2 Å². The molecule has 0 fully saturated rings. The molecule has 2 aromatic carbocycles. The molecule has 4 aromatic rings. The highest BCUT2D eigenvalue weighted by molar-refractivity contribution is 5.82. The topological polar surface area (TPSA) is 86.4 Å². The van der Waals surface area contributed by atoms with Gasteiger partial charge in [0, 0.05) is 24.3 Å². The number of rotatable bonds is 6. The van der Waals surface area contributed by atoms with Gasteiger partial charge in [0.25, 0.3) is 0 Å². The third-order valence-corrected chi connectivity index (χ3v) is 6.04. The Hall–Kier alpha value is -4.02. The van der Waals surface area contributed by atoms with Crippen LogP contribution >= 0.6 is 0 Å². The number of benzene rings is 2. The molecule has 0 aliphatic carbocycles. The first kappa shape index (κ1) is 20.9. The molecular formula is C26H26N6O. The van der Waals surface area contributed by atoms with Gasteiger partial charge in [-0.1, -0.05) is 24.3 Å². The zero-order chi connectivity index (χ0) is 22.8. The van der Waals surface area contributed by atoms with Gasteiger partial charge in [-0.25, -0.2) is 4.52 Å². The normalized spacial score (nSPS) is 15.0. The smallest absolute Gasteiger partial charge is 0.137 e. The third kappa shape index (κ3) is 3.86. The number of aromatic nitrogens is 2. The summed E-state index contributed by atoms with van der Waals surface area (Å²) in [5.74, 6) is 1.65. The van der Waals surface area contributed by atoms with E-state index in [1.165, 1.54) is 11.1 Å². The number of hydrogen-bond donors (Lipinski definition) is 3. The van der Waals surface area contributed by atoms with Crippen LogP contribution in [0, 0.1) is 18.3 Å². The molecule has 3 N–H and O–H groups in total. The lowest BCUT2D eigenvalue weighted by molar-refractivity contribution is 0.340. The molecule has 7 nitrogen and oxygen atoms in total. The van der Waals surface area contributed by atoms with Crippen LogP contribution in [0.5, 0.6) is 5.75 Å². The van der Waals surface area contributed by atoms with Gasteiger partial charge in [-0.2, -0.15) is 10.4 Å². The van der Waals surface area contributed by atoms with E-state index in [4.69, 9.17) is 4.74 Å². The predicted molar refractivity (Wildman–Crippen MR) is 130 cm³/mol. The summed E-state index contributed by atoms with van der Waals surface area (Å²) in [5.41, 5.74) is 6.55. The summed E-state index contributed by atoms with van der Waals surface area (Å²) in [6.45, 7) is 6.25. The third-order valence-electron chi connectivity index (χ3n) is 6.04. The van der Waals surface area contributed by atoms with Crippen LogP contribution < -0.4 is 20.7 Å². The number of nitrogens with one attached hydrogen (secondary N) is 3. The Morgan fingerprint density at radius 2 is 2.00 bits per heavy atom. The van der Waals surface area contributed by atoms with Crippen molar-refractivity contribution in [3.8, 4) is 11.8 Å². The van der Waals surface area contributed by atoms with E-state index >= 15 is 0 Å². The number of nitrogens with zero attached hydrogens (tertiary/aromatic N) is 3. The average Bonchev–Trinajstić information content (AvgIpc) is 3.33. The highest BCUT2D eigenvalue weighted by Gasteiger charge is 2.24. The highest BCUT2D eigenvalue weighted by Crippen LogP contribution is 2.36. The summed E-state index contributed by atoms with van der Waals surface area (Å²) in [6, 6.07) is 20.6. The number of fused-ring (bicyclic) bond motifs is 2. The summed E-state index contributed by atoms with van der Waals surface area (Å²) in [6.07, 6.45) is 1.72. The van der Waals surface area contributed by atoms with Crippen molar-refractivity contribution in [1.82, 2.24) is 14.9 Å². The lowest BCUT2D eigenvalue weighted by Gasteiger charge is -2.29. The minimum Gasteiger partial charge on any atom is -0.494 e. The molecule has 0 radical (unpaired) electrons. The van der Waals surface area contributed by atoms with Crippen molar-refractivity contribution in [2.45, 2.75) is 26.4 Å². The fraction of sp³-hybridized carbons (Fsp3) is 0.231. The van der Waals surface area contributed by atoms with Gasteiger partial charge in [0.05, 0.1) is 30.0 Å². The molecule has 0 bridgehead atoms. The predicted octanol–water partition coefficient (Wildman–Crippen LogP) is 4.91. The number of ether oxygens (including phenoxy) is 1. The second-order valence-electron chi connectivity index (χ2n) is 8.07. The molecule has 0 spiro atoms. The Labute approximate surface area is 193 Å². The SMILES string of the molecule is CCOc1ccc(Nc2c(C)c(NC3CNCc4ccccc43)c(C#N)c3ccnn23)cc1. The number of nitriles is 1. The van der Waals surface area contributed by atoms with Crippen molar-refractivity contribution < 1.29 is 4.74 Å². The molecule has 0 saturated carbocycles. The summed E-state index contributed by atoms with van der Waals surface area (Å²) in [7, 11) is 0. The average molecular weight is 439 g/mol. The molecule has 3 heterocycles. The standard InChI is InChI=1S/C26H26N6O/c1-3-33-20-10-8-19(9-11-20)30-26-17(2)25(22(14-27)24-12-13-29-32(24)26)31-23-16-28-15-18-6-4-5-7-21(18)23/h4-13,23,28,30-31H,3,15-16H2,1-2H3. The molecule has 33 heavy (non-hydrogen) atoms. The van der Waals surface area contributed by atoms with Gasteiger partial charge >= 0.3 is 0 Å². The molecular weight excluding hydrogens is 412 g/mol. The van der Waals surface area contributed by atoms with Crippen LogP contribution in [0.1, 0.15) is 35.2 Å². The molecule has 7 heteroatoms. The Kier molecular flexibility index (Phi) is 5.59. The summed E-state index contributed by atoms with van der Waals surface area (Å²) in [5, 5.41) is 25.2. The van der Waals surface area contributed by atoms with E-state index in [1.54, 1.807) is 10.7 Å². The lowest BCUT2D eigenvalue weighted by atomic mass is 9.96. The van der Waals surface area contributed by atoms with E-state index in [9.17, 15) is 5.26 Å². The molecule has 1 unspecified atom stereocenters. The van der Waals surface area contributed by atoms with E-state index in [2.05, 4.69) is 51.4 Å². The first-order chi connectivity index (χ1) is 16.2. The number of hydrogen-bond acceptors (Lipinski definition) is 6. The minimum absolute atomic E-state index is 0.0597. The first-order valence-electron chi connectivity index (χ1n) is 11.1. The van der Waals surface area contributed by atoms with E-state index in [0.29, 0.717) is 12.2 Å². The van der Waals surface area contributed by atoms with E-state index in [-0.39, 0.29) is 6.04 Å². The van der Waals surface area contributed by atoms with Crippen molar-refractivity contribution in [3.05, 3.63) is 83.0 Å². The van der Waals surface area contributed by atoms with Crippen LogP contribution in [0.3, 0.4) is 0 Å². The van der Waals surface area contributed by atoms with Crippen molar-refractivity contribution in [3.63, 3.8) is 0 Å². The molecule has 2 aromatic heterocycles. The van der Waals surface area contributed by atoms with Crippen molar-refractivity contribution >= 4 is 22.7 Å². The summed E-state index contributed by atoms with van der Waals surface area (Å²) in [4.78, 5) is 0. The first-order valence-corrected chi connectivity index (χ1v) is 11.1. The molecule has 1 aliphatic heterocycles. The van der Waals surface area contributed by atoms with Crippen LogP contribution in [0.15, 0.2) is 60.8 Å². The Balaban J connectivity index is 1.57. The molecule has 1 aliphatic rings. The van der Waals surface area contributed by atoms with E-state index < -0.39 is 0 Å². The Morgan fingerprint density at radius 1 is 1.18 bits per heavy atom. The highest BCUT2D eigenvalue weighted by atomic mass is 16.5. The van der Waals surface area contributed by atoms with Crippen LogP contribution in [-0.4, -0.2) is 22.8 Å². The second-order valence-corrected chi connectivity index (χ2v) is 8.07. The number of pyridine rings is 1. The maximum atomic E-state index is 10.1. The van der Waals surface area contributed by atoms with Crippen molar-refractivity contribution in [2.75, 3.05) is 23.8 Å². The maximum Gasteiger partial charge on any atom is 0.137 e. The van der Waals surface area contributed by atoms with Crippen LogP contribution in [0.25, 0.3) is 5.52 Å². The zero-order valence-electron chi connectivity index (χ0n) is 18.7. The van der Waals surface area contributed by atoms with Crippen molar-refractivity contribution in [1.29, 1.82) is 5.26 Å². The monoisotopic (exact) mass is 438 g/mol. The zero-order valence-corrected chi connectivity index (χ0v) is 18.7. The van der Waals surface area contributed by atoms with Crippen LogP contribution in [0.2, 0.25) is 0 Å². The molecule has 0 saturated heterocycles. The minimum atomic E-state index is 0.0597. The Morgan fingerprint density at radius 3 is 2.79 bits per heavy atom. The van der Waals surface area contributed by atoms with Gasteiger partial charge in [0.2, 0.25) is 0 Å². The molecule has 5 rings (SSSR count). The van der Waals surface area contributed by atoms with E-state index in [0.717, 1.165) is 47.1 Å². The lowest BCUT2D eigenvalue weighted by Crippen LogP contribution is -2.32. The largest absolute Gasteiger partial charge is 0.494 e. The summed E-state index contributed by atoms with van der Waals surface area (Å²) >= 11 is 0. The molecule has 166 valence electrons. The molecule has 0 amide bonds. The van der Waals surface area contributed by atoms with Gasteiger partial charge in [-0.15, -0.1) is 0 Å². The van der Waals surface area contributed by atoms with Gasteiger partial charge in [-0.05, 0) is 55.3 Å². The van der Waals surface area contributed by atoms with E-state index in [1.807, 2.05) is 44.2 Å². The van der Waals surface area contributed by atoms with Crippen LogP contribution in [0.4, 0.5) is 17.2 Å².